The number of nitrogens with zero attached hydrogens (tertiary/aromatic N) is 1. The van der Waals surface area contributed by atoms with Crippen LogP contribution in [0.1, 0.15) is 21.5 Å². The number of benzene rings is 2. The number of amides is 2. The molecule has 2 aromatic carbocycles. The predicted octanol–water partition coefficient (Wildman–Crippen LogP) is 2.98. The number of hydrogen-bond donors (Lipinski definition) is 2. The van der Waals surface area contributed by atoms with Gasteiger partial charge < -0.3 is 15.8 Å². The summed E-state index contributed by atoms with van der Waals surface area (Å²) in [7, 11) is 0. The summed E-state index contributed by atoms with van der Waals surface area (Å²) in [5.74, 6) is -1.29. The molecule has 0 saturated heterocycles. The fourth-order valence-electron chi connectivity index (χ4n) is 2.20. The largest absolute Gasteiger partial charge is 0.483 e. The Labute approximate surface area is 154 Å². The molecule has 0 unspecified atom stereocenters. The number of nitrogens with one attached hydrogen (secondary N) is 1. The first-order valence-corrected chi connectivity index (χ1v) is 7.84. The second-order valence-corrected chi connectivity index (χ2v) is 5.99. The third kappa shape index (κ3) is 4.48. The zero-order valence-corrected chi connectivity index (χ0v) is 14.8. The van der Waals surface area contributed by atoms with Crippen LogP contribution in [0.25, 0.3) is 0 Å². The standard InChI is InChI=1S/C17H16ClN3O5/c1-9-5-13(14(21(24)25)6-10(9)2)20-16(22)8-26-15-4-3-11(18)7-12(15)17(19)23/h3-7H,8H2,1-2H3,(H2,19,23)(H,20,22). The number of carbonyl (C=O) groups is 2. The lowest BCUT2D eigenvalue weighted by Gasteiger charge is -2.11. The van der Waals surface area contributed by atoms with Gasteiger partial charge in [-0.25, -0.2) is 0 Å². The number of anilines is 1. The summed E-state index contributed by atoms with van der Waals surface area (Å²) in [5.41, 5.74) is 6.65. The van der Waals surface area contributed by atoms with Crippen molar-refractivity contribution in [2.45, 2.75) is 13.8 Å². The first-order valence-electron chi connectivity index (χ1n) is 7.46. The van der Waals surface area contributed by atoms with Crippen molar-refractivity contribution in [3.8, 4) is 5.75 Å². The van der Waals surface area contributed by atoms with Gasteiger partial charge in [-0.3, -0.25) is 19.7 Å². The quantitative estimate of drug-likeness (QED) is 0.591. The molecule has 0 saturated carbocycles. The van der Waals surface area contributed by atoms with Gasteiger partial charge in [0.05, 0.1) is 10.5 Å². The third-order valence-electron chi connectivity index (χ3n) is 3.65. The average Bonchev–Trinajstić information content (AvgIpc) is 2.56. The minimum absolute atomic E-state index is 0.0301. The van der Waals surface area contributed by atoms with Gasteiger partial charge in [0.2, 0.25) is 0 Å². The topological polar surface area (TPSA) is 125 Å². The van der Waals surface area contributed by atoms with Gasteiger partial charge in [-0.15, -0.1) is 0 Å². The van der Waals surface area contributed by atoms with E-state index >= 15 is 0 Å². The van der Waals surface area contributed by atoms with Crippen LogP contribution in [0.15, 0.2) is 30.3 Å². The van der Waals surface area contributed by atoms with Gasteiger partial charge in [0, 0.05) is 11.1 Å². The SMILES string of the molecule is Cc1cc(NC(=O)COc2ccc(Cl)cc2C(N)=O)c([N+](=O)[O-])cc1C. The highest BCUT2D eigenvalue weighted by atomic mass is 35.5. The molecule has 0 fully saturated rings. The van der Waals surface area contributed by atoms with E-state index in [4.69, 9.17) is 22.1 Å². The third-order valence-corrected chi connectivity index (χ3v) is 3.88. The average molecular weight is 378 g/mol. The van der Waals surface area contributed by atoms with Crippen molar-refractivity contribution in [1.82, 2.24) is 0 Å². The fourth-order valence-corrected chi connectivity index (χ4v) is 2.37. The molecule has 8 nitrogen and oxygen atoms in total. The predicted molar refractivity (Wildman–Crippen MR) is 96.7 cm³/mol. The molecule has 0 radical (unpaired) electrons. The Bertz CT molecular complexity index is 898. The Morgan fingerprint density at radius 2 is 1.88 bits per heavy atom. The van der Waals surface area contributed by atoms with Gasteiger partial charge in [0.25, 0.3) is 17.5 Å². The highest BCUT2D eigenvalue weighted by Crippen LogP contribution is 2.28. The van der Waals surface area contributed by atoms with Crippen LogP contribution < -0.4 is 15.8 Å². The fraction of sp³-hybridized carbons (Fsp3) is 0.176. The van der Waals surface area contributed by atoms with Crippen molar-refractivity contribution in [2.24, 2.45) is 5.73 Å². The summed E-state index contributed by atoms with van der Waals surface area (Å²) < 4.78 is 5.30. The molecule has 0 spiro atoms. The summed E-state index contributed by atoms with van der Waals surface area (Å²) >= 11 is 5.80. The molecule has 0 aliphatic rings. The van der Waals surface area contributed by atoms with E-state index in [9.17, 15) is 19.7 Å². The van der Waals surface area contributed by atoms with Crippen molar-refractivity contribution in [3.05, 3.63) is 62.2 Å². The maximum Gasteiger partial charge on any atom is 0.293 e. The summed E-state index contributed by atoms with van der Waals surface area (Å²) in [6.07, 6.45) is 0. The highest BCUT2D eigenvalue weighted by molar-refractivity contribution is 6.31. The molecule has 0 aliphatic heterocycles. The molecule has 136 valence electrons. The van der Waals surface area contributed by atoms with Gasteiger partial charge in [-0.2, -0.15) is 0 Å². The maximum absolute atomic E-state index is 12.1. The van der Waals surface area contributed by atoms with Crippen molar-refractivity contribution < 1.29 is 19.2 Å². The second-order valence-electron chi connectivity index (χ2n) is 5.55. The molecule has 0 aromatic heterocycles. The minimum Gasteiger partial charge on any atom is -0.483 e. The van der Waals surface area contributed by atoms with Crippen molar-refractivity contribution in [3.63, 3.8) is 0 Å². The van der Waals surface area contributed by atoms with Crippen LogP contribution in [0.2, 0.25) is 5.02 Å². The van der Waals surface area contributed by atoms with Gasteiger partial charge in [-0.05, 0) is 49.2 Å². The van der Waals surface area contributed by atoms with E-state index in [0.29, 0.717) is 5.02 Å². The van der Waals surface area contributed by atoms with E-state index < -0.39 is 23.3 Å². The first-order chi connectivity index (χ1) is 12.2. The highest BCUT2D eigenvalue weighted by Gasteiger charge is 2.18. The molecule has 0 heterocycles. The number of nitrogens with two attached hydrogens (primary N) is 1. The lowest BCUT2D eigenvalue weighted by Crippen LogP contribution is -2.22. The number of hydrogen-bond acceptors (Lipinski definition) is 5. The summed E-state index contributed by atoms with van der Waals surface area (Å²) in [4.78, 5) is 34.1. The number of primary amides is 1. The first kappa shape index (κ1) is 19.2. The number of aryl methyl sites for hydroxylation is 2. The Kier molecular flexibility index (Phi) is 5.78. The molecule has 2 aromatic rings. The molecule has 0 aliphatic carbocycles. The molecule has 0 bridgehead atoms. The lowest BCUT2D eigenvalue weighted by molar-refractivity contribution is -0.384. The zero-order valence-electron chi connectivity index (χ0n) is 14.0. The maximum atomic E-state index is 12.1. The Morgan fingerprint density at radius 1 is 1.23 bits per heavy atom. The second kappa shape index (κ2) is 7.83. The summed E-state index contributed by atoms with van der Waals surface area (Å²) in [6, 6.07) is 7.12. The molecule has 2 amide bonds. The molecule has 9 heteroatoms. The number of halogens is 1. The van der Waals surface area contributed by atoms with E-state index in [0.717, 1.165) is 11.1 Å². The molecular weight excluding hydrogens is 362 g/mol. The van der Waals surface area contributed by atoms with Gasteiger partial charge in [-0.1, -0.05) is 11.6 Å². The van der Waals surface area contributed by atoms with Crippen LogP contribution in [0.3, 0.4) is 0 Å². The van der Waals surface area contributed by atoms with E-state index in [1.54, 1.807) is 13.8 Å². The molecule has 26 heavy (non-hydrogen) atoms. The van der Waals surface area contributed by atoms with Crippen LogP contribution in [0.5, 0.6) is 5.75 Å². The summed E-state index contributed by atoms with van der Waals surface area (Å²) in [6.45, 7) is 3.05. The van der Waals surface area contributed by atoms with E-state index in [1.165, 1.54) is 30.3 Å². The zero-order chi connectivity index (χ0) is 19.4. The van der Waals surface area contributed by atoms with Crippen LogP contribution in [-0.2, 0) is 4.79 Å². The van der Waals surface area contributed by atoms with Gasteiger partial charge in [0.15, 0.2) is 6.61 Å². The van der Waals surface area contributed by atoms with Crippen LogP contribution in [0, 0.1) is 24.0 Å². The number of nitro groups is 1. The van der Waals surface area contributed by atoms with Crippen molar-refractivity contribution in [1.29, 1.82) is 0 Å². The van der Waals surface area contributed by atoms with Crippen molar-refractivity contribution >= 4 is 34.8 Å². The number of ether oxygens (including phenoxy) is 1. The Morgan fingerprint density at radius 3 is 2.50 bits per heavy atom. The minimum atomic E-state index is -0.757. The molecule has 0 atom stereocenters. The van der Waals surface area contributed by atoms with Crippen LogP contribution >= 0.6 is 11.6 Å². The monoisotopic (exact) mass is 377 g/mol. The number of carbonyl (C=O) groups excluding carboxylic acids is 2. The summed E-state index contributed by atoms with van der Waals surface area (Å²) in [5, 5.41) is 13.9. The number of rotatable bonds is 6. The Hall–Kier alpha value is -3.13. The molecular formula is C17H16ClN3O5. The van der Waals surface area contributed by atoms with E-state index in [2.05, 4.69) is 5.32 Å². The van der Waals surface area contributed by atoms with E-state index in [1.807, 2.05) is 0 Å². The van der Waals surface area contributed by atoms with Crippen molar-refractivity contribution in [2.75, 3.05) is 11.9 Å². The molecule has 3 N–H and O–H groups in total. The van der Waals surface area contributed by atoms with E-state index in [-0.39, 0.29) is 22.7 Å². The van der Waals surface area contributed by atoms with Gasteiger partial charge in [0.1, 0.15) is 11.4 Å². The van der Waals surface area contributed by atoms with Gasteiger partial charge >= 0.3 is 0 Å². The Balaban J connectivity index is 2.15. The number of nitro benzene ring substituents is 1. The normalized spacial score (nSPS) is 10.3. The van der Waals surface area contributed by atoms with Crippen LogP contribution in [-0.4, -0.2) is 23.3 Å². The smallest absolute Gasteiger partial charge is 0.293 e. The lowest BCUT2D eigenvalue weighted by atomic mass is 10.1. The van der Waals surface area contributed by atoms with Crippen LogP contribution in [0.4, 0.5) is 11.4 Å². The molecule has 2 rings (SSSR count).